The van der Waals surface area contributed by atoms with Crippen LogP contribution in [-0.2, 0) is 6.54 Å². The van der Waals surface area contributed by atoms with Crippen LogP contribution in [-0.4, -0.2) is 17.0 Å². The van der Waals surface area contributed by atoms with Crippen molar-refractivity contribution in [3.8, 4) is 0 Å². The standard InChI is InChI=1S/C15H21BrN2O/c1-2-8-18-11-13(16)9-14(18)15(19)17-10-12-6-4-3-5-7-12/h3-4,9,11-12H,2,5-8,10H2,1H3,(H,17,19). The van der Waals surface area contributed by atoms with E-state index in [0.717, 1.165) is 42.5 Å². The van der Waals surface area contributed by atoms with Crippen molar-refractivity contribution in [2.75, 3.05) is 6.54 Å². The molecule has 0 aliphatic heterocycles. The highest BCUT2D eigenvalue weighted by Crippen LogP contribution is 2.18. The largest absolute Gasteiger partial charge is 0.350 e. The molecule has 1 aromatic rings. The summed E-state index contributed by atoms with van der Waals surface area (Å²) in [7, 11) is 0. The third kappa shape index (κ3) is 3.96. The highest BCUT2D eigenvalue weighted by atomic mass is 79.9. The van der Waals surface area contributed by atoms with Gasteiger partial charge in [0.15, 0.2) is 0 Å². The quantitative estimate of drug-likeness (QED) is 0.822. The number of nitrogens with zero attached hydrogens (tertiary/aromatic N) is 1. The summed E-state index contributed by atoms with van der Waals surface area (Å²) in [6.07, 6.45) is 10.8. The van der Waals surface area contributed by atoms with Gasteiger partial charge < -0.3 is 9.88 Å². The molecule has 1 atom stereocenters. The lowest BCUT2D eigenvalue weighted by Gasteiger charge is -2.18. The molecule has 0 saturated carbocycles. The summed E-state index contributed by atoms with van der Waals surface area (Å²) in [5.41, 5.74) is 0.750. The van der Waals surface area contributed by atoms with Crippen molar-refractivity contribution < 1.29 is 4.79 Å². The van der Waals surface area contributed by atoms with E-state index in [1.807, 2.05) is 16.8 Å². The van der Waals surface area contributed by atoms with Gasteiger partial charge in [-0.1, -0.05) is 19.1 Å². The van der Waals surface area contributed by atoms with Gasteiger partial charge in [0.05, 0.1) is 0 Å². The van der Waals surface area contributed by atoms with Crippen molar-refractivity contribution in [3.63, 3.8) is 0 Å². The van der Waals surface area contributed by atoms with Gasteiger partial charge in [0.2, 0.25) is 0 Å². The Morgan fingerprint density at radius 2 is 2.37 bits per heavy atom. The summed E-state index contributed by atoms with van der Waals surface area (Å²) in [5, 5.41) is 3.07. The molecule has 1 unspecified atom stereocenters. The monoisotopic (exact) mass is 324 g/mol. The minimum absolute atomic E-state index is 0.0358. The molecule has 1 heterocycles. The van der Waals surface area contributed by atoms with Crippen molar-refractivity contribution in [1.29, 1.82) is 0 Å². The van der Waals surface area contributed by atoms with E-state index >= 15 is 0 Å². The number of aryl methyl sites for hydroxylation is 1. The Kier molecular flexibility index (Phi) is 5.25. The molecule has 0 aromatic carbocycles. The van der Waals surface area contributed by atoms with Crippen molar-refractivity contribution >= 4 is 21.8 Å². The molecule has 0 radical (unpaired) electrons. The van der Waals surface area contributed by atoms with Crippen LogP contribution in [0.25, 0.3) is 0 Å². The predicted octanol–water partition coefficient (Wildman–Crippen LogP) is 3.75. The molecule has 0 fully saturated rings. The third-order valence-electron chi connectivity index (χ3n) is 3.49. The number of aromatic nitrogens is 1. The second-order valence-corrected chi connectivity index (χ2v) is 6.01. The number of nitrogens with one attached hydrogen (secondary N) is 1. The average Bonchev–Trinajstić information content (AvgIpc) is 2.79. The van der Waals surface area contributed by atoms with E-state index in [0.29, 0.717) is 5.92 Å². The second kappa shape index (κ2) is 6.94. The van der Waals surface area contributed by atoms with Gasteiger partial charge in [-0.15, -0.1) is 0 Å². The van der Waals surface area contributed by atoms with Crippen LogP contribution in [0.15, 0.2) is 28.9 Å². The van der Waals surface area contributed by atoms with Gasteiger partial charge in [-0.05, 0) is 53.6 Å². The van der Waals surface area contributed by atoms with Crippen molar-refractivity contribution in [2.24, 2.45) is 5.92 Å². The summed E-state index contributed by atoms with van der Waals surface area (Å²) in [6, 6.07) is 1.89. The molecule has 2 rings (SSSR count). The zero-order valence-corrected chi connectivity index (χ0v) is 12.9. The molecule has 0 bridgehead atoms. The van der Waals surface area contributed by atoms with Gasteiger partial charge in [0.1, 0.15) is 5.69 Å². The molecule has 3 nitrogen and oxygen atoms in total. The Morgan fingerprint density at radius 1 is 1.53 bits per heavy atom. The first kappa shape index (κ1) is 14.4. The molecule has 1 aromatic heterocycles. The highest BCUT2D eigenvalue weighted by molar-refractivity contribution is 9.10. The van der Waals surface area contributed by atoms with E-state index in [1.165, 1.54) is 6.42 Å². The zero-order valence-electron chi connectivity index (χ0n) is 11.4. The second-order valence-electron chi connectivity index (χ2n) is 5.10. The molecule has 4 heteroatoms. The molecule has 0 saturated heterocycles. The van der Waals surface area contributed by atoms with Gasteiger partial charge in [0, 0.05) is 23.8 Å². The fourth-order valence-electron chi connectivity index (χ4n) is 2.46. The van der Waals surface area contributed by atoms with Crippen LogP contribution in [0.3, 0.4) is 0 Å². The molecule has 0 spiro atoms. The summed E-state index contributed by atoms with van der Waals surface area (Å²) in [6.45, 7) is 3.77. The lowest BCUT2D eigenvalue weighted by atomic mass is 9.94. The molecule has 1 aliphatic carbocycles. The minimum atomic E-state index is 0.0358. The van der Waals surface area contributed by atoms with E-state index in [4.69, 9.17) is 0 Å². The number of amides is 1. The van der Waals surface area contributed by atoms with Crippen LogP contribution in [0.4, 0.5) is 0 Å². The lowest BCUT2D eigenvalue weighted by molar-refractivity contribution is 0.0937. The van der Waals surface area contributed by atoms with Gasteiger partial charge in [-0.3, -0.25) is 4.79 Å². The maximum Gasteiger partial charge on any atom is 0.267 e. The van der Waals surface area contributed by atoms with E-state index in [2.05, 4.69) is 40.3 Å². The predicted molar refractivity (Wildman–Crippen MR) is 81.2 cm³/mol. The van der Waals surface area contributed by atoms with Crippen molar-refractivity contribution in [1.82, 2.24) is 9.88 Å². The van der Waals surface area contributed by atoms with Crippen LogP contribution in [0.1, 0.15) is 43.1 Å². The van der Waals surface area contributed by atoms with E-state index in [1.54, 1.807) is 0 Å². The van der Waals surface area contributed by atoms with Gasteiger partial charge in [0.25, 0.3) is 5.91 Å². The fraction of sp³-hybridized carbons (Fsp3) is 0.533. The number of allylic oxidation sites excluding steroid dienone is 2. The minimum Gasteiger partial charge on any atom is -0.350 e. The van der Waals surface area contributed by atoms with Crippen LogP contribution < -0.4 is 5.32 Å². The SMILES string of the molecule is CCCn1cc(Br)cc1C(=O)NCC1CC=CCC1. The van der Waals surface area contributed by atoms with Crippen LogP contribution in [0.2, 0.25) is 0 Å². The fourth-order valence-corrected chi connectivity index (χ4v) is 2.92. The number of carbonyl (C=O) groups excluding carboxylic acids is 1. The first-order chi connectivity index (χ1) is 9.20. The van der Waals surface area contributed by atoms with Crippen molar-refractivity contribution in [2.45, 2.75) is 39.2 Å². The topological polar surface area (TPSA) is 34.0 Å². The Balaban J connectivity index is 1.93. The average molecular weight is 325 g/mol. The number of hydrogen-bond donors (Lipinski definition) is 1. The molecule has 1 amide bonds. The third-order valence-corrected chi connectivity index (χ3v) is 3.92. The van der Waals surface area contributed by atoms with E-state index in [-0.39, 0.29) is 5.91 Å². The van der Waals surface area contributed by atoms with Crippen molar-refractivity contribution in [3.05, 3.63) is 34.6 Å². The van der Waals surface area contributed by atoms with E-state index < -0.39 is 0 Å². The summed E-state index contributed by atoms with van der Waals surface area (Å²) < 4.78 is 2.98. The van der Waals surface area contributed by atoms with Crippen LogP contribution in [0.5, 0.6) is 0 Å². The Hall–Kier alpha value is -1.03. The molecule has 1 N–H and O–H groups in total. The normalized spacial score (nSPS) is 18.5. The maximum atomic E-state index is 12.2. The molecular formula is C15H21BrN2O. The number of rotatable bonds is 5. The Morgan fingerprint density at radius 3 is 3.05 bits per heavy atom. The van der Waals surface area contributed by atoms with Gasteiger partial charge in [-0.2, -0.15) is 0 Å². The zero-order chi connectivity index (χ0) is 13.7. The Labute approximate surface area is 123 Å². The summed E-state index contributed by atoms with van der Waals surface area (Å²) >= 11 is 3.44. The molecular weight excluding hydrogens is 304 g/mol. The number of hydrogen-bond acceptors (Lipinski definition) is 1. The molecule has 19 heavy (non-hydrogen) atoms. The number of halogens is 1. The lowest BCUT2D eigenvalue weighted by Crippen LogP contribution is -2.31. The van der Waals surface area contributed by atoms with Crippen LogP contribution in [0, 0.1) is 5.92 Å². The summed E-state index contributed by atoms with van der Waals surface area (Å²) in [5.74, 6) is 0.626. The highest BCUT2D eigenvalue weighted by Gasteiger charge is 2.15. The first-order valence-electron chi connectivity index (χ1n) is 6.99. The molecule has 104 valence electrons. The van der Waals surface area contributed by atoms with Gasteiger partial charge >= 0.3 is 0 Å². The van der Waals surface area contributed by atoms with Gasteiger partial charge in [-0.25, -0.2) is 0 Å². The van der Waals surface area contributed by atoms with Crippen LogP contribution >= 0.6 is 15.9 Å². The smallest absolute Gasteiger partial charge is 0.267 e. The Bertz CT molecular complexity index is 465. The maximum absolute atomic E-state index is 12.2. The molecule has 1 aliphatic rings. The number of carbonyl (C=O) groups is 1. The first-order valence-corrected chi connectivity index (χ1v) is 7.79. The van der Waals surface area contributed by atoms with E-state index in [9.17, 15) is 4.79 Å². The summed E-state index contributed by atoms with van der Waals surface area (Å²) in [4.78, 5) is 12.2.